The van der Waals surface area contributed by atoms with E-state index >= 15 is 0 Å². The Morgan fingerprint density at radius 2 is 1.08 bits per heavy atom. The van der Waals surface area contributed by atoms with Crippen molar-refractivity contribution in [2.75, 3.05) is 6.54 Å². The molecule has 0 aromatic heterocycles. The third-order valence-corrected chi connectivity index (χ3v) is 16.5. The van der Waals surface area contributed by atoms with Crippen molar-refractivity contribution in [2.24, 2.45) is 5.92 Å². The first-order valence-electron chi connectivity index (χ1n) is 18.4. The summed E-state index contributed by atoms with van der Waals surface area (Å²) in [5.41, 5.74) is 3.74. The van der Waals surface area contributed by atoms with E-state index in [-0.39, 0.29) is 47.8 Å². The summed E-state index contributed by atoms with van der Waals surface area (Å²) in [7, 11) is -0.516. The fourth-order valence-corrected chi connectivity index (χ4v) is 14.2. The van der Waals surface area contributed by atoms with Gasteiger partial charge >= 0.3 is 17.1 Å². The molecule has 0 spiro atoms. The van der Waals surface area contributed by atoms with Crippen LogP contribution in [0.3, 0.4) is 0 Å². The molecular weight excluding hydrogens is 712 g/mol. The predicted octanol–water partition coefficient (Wildman–Crippen LogP) is 10.5. The maximum atomic E-state index is 9.98. The third-order valence-electron chi connectivity index (χ3n) is 10.5. The Balaban J connectivity index is 0.000000298. The second-order valence-electron chi connectivity index (χ2n) is 13.8. The Morgan fingerprint density at radius 3 is 1.54 bits per heavy atom. The monoisotopic (exact) mass is 771 g/mol. The molecule has 2 nitrogen and oxygen atoms in total. The zero-order valence-electron chi connectivity index (χ0n) is 31.6. The number of phenolic OH excluding ortho intramolecular Hbond substituents is 1. The molecule has 0 radical (unpaired) electrons. The summed E-state index contributed by atoms with van der Waals surface area (Å²) in [6.45, 7) is 5.26. The van der Waals surface area contributed by atoms with E-state index in [0.717, 1.165) is 24.2 Å². The van der Waals surface area contributed by atoms with Gasteiger partial charge in [0.15, 0.2) is 0 Å². The Morgan fingerprint density at radius 1 is 0.615 bits per heavy atom. The molecule has 276 valence electrons. The van der Waals surface area contributed by atoms with E-state index in [4.69, 9.17) is 0 Å². The fourth-order valence-electron chi connectivity index (χ4n) is 7.90. The summed E-state index contributed by atoms with van der Waals surface area (Å²) >= 11 is 0. The maximum absolute atomic E-state index is 9.98. The first kappa shape index (κ1) is 43.6. The third kappa shape index (κ3) is 11.6. The Bertz CT molecular complexity index is 1600. The standard InChI is InChI=1S/C28H34NOP.C17H19P.2CH3.Fe/c1-21-16-17-23(20-27(21)30)18-19-29-22(2)26-14-9-15-28(26)31(24-10-5-3-6-11-24)25-12-7-4-8-13-25;1-3-9-15(10-4-1)18(17-13-7-8-14-17)16-11-5-2-6-12-16;;;/h3-8,10-13,16-17,20,22,26,28-30H,9,14-15,18-19H2,1-2H3;1-6,9-12,17H,7-8,13-14H2;2*1H3;/q;;2*-1;+2. The van der Waals surface area contributed by atoms with Gasteiger partial charge in [0.25, 0.3) is 0 Å². The molecule has 2 N–H and O–H groups in total. The van der Waals surface area contributed by atoms with Crippen LogP contribution in [0.25, 0.3) is 0 Å². The van der Waals surface area contributed by atoms with Crippen LogP contribution in [0.1, 0.15) is 63.0 Å². The quantitative estimate of drug-likeness (QED) is 0.0796. The molecule has 3 unspecified atom stereocenters. The molecule has 52 heavy (non-hydrogen) atoms. The zero-order chi connectivity index (χ0) is 33.8. The molecule has 2 fully saturated rings. The van der Waals surface area contributed by atoms with E-state index in [1.807, 2.05) is 19.1 Å². The van der Waals surface area contributed by atoms with E-state index in [1.165, 1.54) is 61.1 Å². The molecule has 5 aromatic carbocycles. The number of phenols is 1. The van der Waals surface area contributed by atoms with Crippen molar-refractivity contribution in [1.29, 1.82) is 0 Å². The van der Waals surface area contributed by atoms with Gasteiger partial charge in [-0.15, -0.1) is 0 Å². The number of hydrogen-bond donors (Lipinski definition) is 2. The molecule has 7 rings (SSSR count). The van der Waals surface area contributed by atoms with E-state index in [0.29, 0.717) is 23.4 Å². The maximum Gasteiger partial charge on any atom is 2.00 e. The molecule has 2 aliphatic carbocycles. The number of nitrogens with one attached hydrogen (secondary N) is 1. The van der Waals surface area contributed by atoms with E-state index in [2.05, 4.69) is 140 Å². The molecule has 2 aliphatic rings. The summed E-state index contributed by atoms with van der Waals surface area (Å²) in [6, 6.07) is 51.1. The van der Waals surface area contributed by atoms with Crippen molar-refractivity contribution in [3.8, 4) is 5.75 Å². The largest absolute Gasteiger partial charge is 2.00 e. The summed E-state index contributed by atoms with van der Waals surface area (Å²) in [6.07, 6.45) is 10.6. The number of aryl methyl sites for hydroxylation is 1. The minimum Gasteiger partial charge on any atom is -0.508 e. The average Bonchev–Trinajstić information content (AvgIpc) is 3.86. The van der Waals surface area contributed by atoms with Gasteiger partial charge in [0.05, 0.1) is 0 Å². The molecule has 3 atom stereocenters. The molecule has 0 bridgehead atoms. The zero-order valence-corrected chi connectivity index (χ0v) is 34.5. The minimum atomic E-state index is -0.364. The second kappa shape index (κ2) is 22.5. The molecule has 0 amide bonds. The van der Waals surface area contributed by atoms with Crippen LogP contribution in [-0.2, 0) is 23.5 Å². The van der Waals surface area contributed by atoms with Gasteiger partial charge < -0.3 is 25.3 Å². The van der Waals surface area contributed by atoms with E-state index < -0.39 is 0 Å². The number of hydrogen-bond acceptors (Lipinski definition) is 2. The van der Waals surface area contributed by atoms with Gasteiger partial charge in [-0.25, -0.2) is 0 Å². The average molecular weight is 772 g/mol. The molecule has 2 saturated carbocycles. The summed E-state index contributed by atoms with van der Waals surface area (Å²) in [5, 5.41) is 19.9. The number of rotatable bonds is 11. The van der Waals surface area contributed by atoms with Gasteiger partial charge in [0, 0.05) is 6.04 Å². The first-order chi connectivity index (χ1) is 24.1. The van der Waals surface area contributed by atoms with Crippen molar-refractivity contribution in [3.63, 3.8) is 0 Å². The van der Waals surface area contributed by atoms with Gasteiger partial charge in [-0.3, -0.25) is 0 Å². The molecule has 5 heteroatoms. The van der Waals surface area contributed by atoms with Crippen molar-refractivity contribution in [1.82, 2.24) is 5.32 Å². The summed E-state index contributed by atoms with van der Waals surface area (Å²) in [5.74, 6) is 1.09. The van der Waals surface area contributed by atoms with Crippen LogP contribution < -0.4 is 26.5 Å². The van der Waals surface area contributed by atoms with Crippen molar-refractivity contribution in [3.05, 3.63) is 166 Å². The van der Waals surface area contributed by atoms with Gasteiger partial charge in [0.1, 0.15) is 5.75 Å². The normalized spacial score (nSPS) is 17.3. The molecule has 5 aromatic rings. The topological polar surface area (TPSA) is 32.3 Å². The molecule has 0 heterocycles. The van der Waals surface area contributed by atoms with Crippen molar-refractivity contribution in [2.45, 2.75) is 82.6 Å². The van der Waals surface area contributed by atoms with Crippen LogP contribution in [0, 0.1) is 27.7 Å². The van der Waals surface area contributed by atoms with Crippen LogP contribution >= 0.6 is 15.8 Å². The first-order valence-corrected chi connectivity index (χ1v) is 21.2. The Hall–Kier alpha value is -2.76. The van der Waals surface area contributed by atoms with Crippen LogP contribution in [0.5, 0.6) is 5.75 Å². The van der Waals surface area contributed by atoms with Crippen molar-refractivity contribution >= 4 is 37.1 Å². The van der Waals surface area contributed by atoms with Gasteiger partial charge in [-0.2, -0.15) is 0 Å². The predicted molar refractivity (Wildman–Crippen MR) is 228 cm³/mol. The molecule has 0 saturated heterocycles. The number of benzene rings is 5. The van der Waals surface area contributed by atoms with Crippen LogP contribution in [0.2, 0.25) is 0 Å². The Labute approximate surface area is 329 Å². The van der Waals surface area contributed by atoms with Gasteiger partial charge in [-0.05, 0) is 124 Å². The second-order valence-corrected chi connectivity index (χ2v) is 18.7. The van der Waals surface area contributed by atoms with E-state index in [9.17, 15) is 5.11 Å². The molecule has 0 aliphatic heterocycles. The SMILES string of the molecule is Cc1ccc(CCNC(C)C2CCCC2P(c2ccccc2)c2ccccc2)cc1O.[CH3-].[CH3-].[Fe+2].c1ccc(P(c2ccccc2)C2CCCC2)cc1. The van der Waals surface area contributed by atoms with Crippen LogP contribution in [-0.4, -0.2) is 29.0 Å². The van der Waals surface area contributed by atoms with Crippen LogP contribution in [0.4, 0.5) is 0 Å². The fraction of sp³-hybridized carbons (Fsp3) is 0.319. The number of aromatic hydroxyl groups is 1. The van der Waals surface area contributed by atoms with Crippen molar-refractivity contribution < 1.29 is 22.2 Å². The smallest absolute Gasteiger partial charge is 0.508 e. The van der Waals surface area contributed by atoms with E-state index in [1.54, 1.807) is 10.6 Å². The minimum absolute atomic E-state index is 0. The van der Waals surface area contributed by atoms with Crippen LogP contribution in [0.15, 0.2) is 140 Å². The summed E-state index contributed by atoms with van der Waals surface area (Å²) in [4.78, 5) is 0. The van der Waals surface area contributed by atoms with Gasteiger partial charge in [0.2, 0.25) is 0 Å². The Kier molecular flexibility index (Phi) is 18.8. The molecular formula is C47H59FeNOP2. The summed E-state index contributed by atoms with van der Waals surface area (Å²) < 4.78 is 0. The van der Waals surface area contributed by atoms with Gasteiger partial charge in [-0.1, -0.05) is 153 Å².